The van der Waals surface area contributed by atoms with Crippen molar-refractivity contribution in [2.75, 3.05) is 20.6 Å². The lowest BCUT2D eigenvalue weighted by molar-refractivity contribution is -0.136. The van der Waals surface area contributed by atoms with Gasteiger partial charge in [0.2, 0.25) is 12.3 Å². The Hall–Kier alpha value is -0.900. The zero-order valence-corrected chi connectivity index (χ0v) is 6.96. The SMILES string of the molecule is CNCCCC(=O)N(C)C=O. The monoisotopic (exact) mass is 158 g/mol. The summed E-state index contributed by atoms with van der Waals surface area (Å²) in [6.07, 6.45) is 1.73. The fourth-order valence-corrected chi connectivity index (χ4v) is 0.652. The van der Waals surface area contributed by atoms with Gasteiger partial charge in [0.1, 0.15) is 0 Å². The van der Waals surface area contributed by atoms with E-state index < -0.39 is 0 Å². The molecule has 0 rings (SSSR count). The minimum atomic E-state index is -0.129. The molecule has 4 heteroatoms. The van der Waals surface area contributed by atoms with Crippen LogP contribution in [-0.2, 0) is 9.59 Å². The number of carbonyl (C=O) groups is 2. The van der Waals surface area contributed by atoms with E-state index in [1.807, 2.05) is 7.05 Å². The van der Waals surface area contributed by atoms with Crippen LogP contribution in [0.15, 0.2) is 0 Å². The highest BCUT2D eigenvalue weighted by atomic mass is 16.2. The fourth-order valence-electron chi connectivity index (χ4n) is 0.652. The van der Waals surface area contributed by atoms with Crippen molar-refractivity contribution in [1.29, 1.82) is 0 Å². The number of rotatable bonds is 5. The molecule has 0 heterocycles. The molecule has 0 aliphatic heterocycles. The number of hydrogen-bond acceptors (Lipinski definition) is 3. The van der Waals surface area contributed by atoms with Gasteiger partial charge in [-0.05, 0) is 20.0 Å². The van der Waals surface area contributed by atoms with Crippen LogP contribution in [0.25, 0.3) is 0 Å². The second-order valence-corrected chi connectivity index (χ2v) is 2.32. The molecule has 4 nitrogen and oxygen atoms in total. The molecule has 0 aliphatic rings. The fraction of sp³-hybridized carbons (Fsp3) is 0.714. The van der Waals surface area contributed by atoms with Crippen molar-refractivity contribution in [2.45, 2.75) is 12.8 Å². The lowest BCUT2D eigenvalue weighted by Crippen LogP contribution is -2.25. The first-order valence-electron chi connectivity index (χ1n) is 3.58. The number of amides is 2. The van der Waals surface area contributed by atoms with Crippen LogP contribution in [-0.4, -0.2) is 37.9 Å². The van der Waals surface area contributed by atoms with E-state index in [0.717, 1.165) is 17.9 Å². The van der Waals surface area contributed by atoms with Gasteiger partial charge in [0.05, 0.1) is 0 Å². The second-order valence-electron chi connectivity index (χ2n) is 2.32. The van der Waals surface area contributed by atoms with Gasteiger partial charge in [0.15, 0.2) is 0 Å². The third-order valence-electron chi connectivity index (χ3n) is 1.37. The van der Waals surface area contributed by atoms with E-state index in [1.165, 1.54) is 7.05 Å². The van der Waals surface area contributed by atoms with E-state index >= 15 is 0 Å². The summed E-state index contributed by atoms with van der Waals surface area (Å²) in [4.78, 5) is 22.0. The first-order valence-corrected chi connectivity index (χ1v) is 3.58. The van der Waals surface area contributed by atoms with E-state index in [0.29, 0.717) is 12.8 Å². The minimum Gasteiger partial charge on any atom is -0.320 e. The standard InChI is InChI=1S/C7H14N2O2/c1-8-5-3-4-7(11)9(2)6-10/h6,8H,3-5H2,1-2H3. The second kappa shape index (κ2) is 5.85. The maximum absolute atomic E-state index is 10.9. The van der Waals surface area contributed by atoms with Crippen molar-refractivity contribution in [3.63, 3.8) is 0 Å². The molecular formula is C7H14N2O2. The normalized spacial score (nSPS) is 9.27. The molecule has 0 atom stereocenters. The largest absolute Gasteiger partial charge is 0.320 e. The molecular weight excluding hydrogens is 144 g/mol. The van der Waals surface area contributed by atoms with Gasteiger partial charge in [-0.25, -0.2) is 0 Å². The Morgan fingerprint density at radius 2 is 2.27 bits per heavy atom. The van der Waals surface area contributed by atoms with Gasteiger partial charge in [0, 0.05) is 13.5 Å². The first kappa shape index (κ1) is 10.1. The van der Waals surface area contributed by atoms with Crippen LogP contribution >= 0.6 is 0 Å². The first-order chi connectivity index (χ1) is 5.22. The van der Waals surface area contributed by atoms with Crippen LogP contribution in [0.5, 0.6) is 0 Å². The van der Waals surface area contributed by atoms with E-state index in [9.17, 15) is 9.59 Å². The van der Waals surface area contributed by atoms with E-state index in [2.05, 4.69) is 5.32 Å². The molecule has 1 N–H and O–H groups in total. The summed E-state index contributed by atoms with van der Waals surface area (Å²) >= 11 is 0. The van der Waals surface area contributed by atoms with Crippen molar-refractivity contribution in [3.05, 3.63) is 0 Å². The molecule has 0 bridgehead atoms. The van der Waals surface area contributed by atoms with Crippen molar-refractivity contribution < 1.29 is 9.59 Å². The summed E-state index contributed by atoms with van der Waals surface area (Å²) in [5.41, 5.74) is 0. The molecule has 0 aromatic carbocycles. The number of carbonyl (C=O) groups excluding carboxylic acids is 2. The predicted octanol–water partition coefficient (Wildman–Crippen LogP) is -0.399. The topological polar surface area (TPSA) is 49.4 Å². The molecule has 0 radical (unpaired) electrons. The minimum absolute atomic E-state index is 0.129. The maximum atomic E-state index is 10.9. The molecule has 0 saturated carbocycles. The van der Waals surface area contributed by atoms with Crippen LogP contribution in [0.3, 0.4) is 0 Å². The van der Waals surface area contributed by atoms with Crippen molar-refractivity contribution >= 4 is 12.3 Å². The Morgan fingerprint density at radius 1 is 1.64 bits per heavy atom. The molecule has 0 saturated heterocycles. The van der Waals surface area contributed by atoms with Crippen molar-refractivity contribution in [2.24, 2.45) is 0 Å². The summed E-state index contributed by atoms with van der Waals surface area (Å²) in [5, 5.41) is 2.92. The molecule has 2 amide bonds. The number of nitrogens with one attached hydrogen (secondary N) is 1. The molecule has 11 heavy (non-hydrogen) atoms. The highest BCUT2D eigenvalue weighted by Crippen LogP contribution is 1.91. The van der Waals surface area contributed by atoms with E-state index in [4.69, 9.17) is 0 Å². The Labute approximate surface area is 66.6 Å². The lowest BCUT2D eigenvalue weighted by atomic mass is 10.3. The van der Waals surface area contributed by atoms with E-state index in [-0.39, 0.29) is 5.91 Å². The molecule has 0 unspecified atom stereocenters. The Kier molecular flexibility index (Phi) is 5.37. The molecule has 0 aromatic heterocycles. The zero-order valence-electron chi connectivity index (χ0n) is 6.96. The number of imide groups is 1. The quantitative estimate of drug-likeness (QED) is 0.437. The van der Waals surface area contributed by atoms with Crippen LogP contribution in [0, 0.1) is 0 Å². The third-order valence-corrected chi connectivity index (χ3v) is 1.37. The van der Waals surface area contributed by atoms with Gasteiger partial charge in [-0.3, -0.25) is 14.5 Å². The summed E-state index contributed by atoms with van der Waals surface area (Å²) < 4.78 is 0. The van der Waals surface area contributed by atoms with Gasteiger partial charge in [-0.15, -0.1) is 0 Å². The molecule has 0 aliphatic carbocycles. The molecule has 0 aromatic rings. The van der Waals surface area contributed by atoms with Crippen LogP contribution in [0.4, 0.5) is 0 Å². The molecule has 0 fully saturated rings. The Balaban J connectivity index is 3.44. The summed E-state index contributed by atoms with van der Waals surface area (Å²) in [5.74, 6) is -0.129. The number of hydrogen-bond donors (Lipinski definition) is 1. The average molecular weight is 158 g/mol. The zero-order chi connectivity index (χ0) is 8.69. The van der Waals surface area contributed by atoms with Crippen LogP contribution < -0.4 is 5.32 Å². The van der Waals surface area contributed by atoms with Crippen LogP contribution in [0.2, 0.25) is 0 Å². The van der Waals surface area contributed by atoms with Crippen molar-refractivity contribution in [3.8, 4) is 0 Å². The van der Waals surface area contributed by atoms with E-state index in [1.54, 1.807) is 0 Å². The van der Waals surface area contributed by atoms with Crippen molar-refractivity contribution in [1.82, 2.24) is 10.2 Å². The Morgan fingerprint density at radius 3 is 2.73 bits per heavy atom. The smallest absolute Gasteiger partial charge is 0.228 e. The third kappa shape index (κ3) is 4.50. The lowest BCUT2D eigenvalue weighted by Gasteiger charge is -2.07. The molecule has 64 valence electrons. The van der Waals surface area contributed by atoms with Gasteiger partial charge in [-0.1, -0.05) is 0 Å². The molecule has 0 spiro atoms. The highest BCUT2D eigenvalue weighted by Gasteiger charge is 2.04. The average Bonchev–Trinajstić information content (AvgIpc) is 2.03. The predicted molar refractivity (Wildman–Crippen MR) is 42.0 cm³/mol. The van der Waals surface area contributed by atoms with Gasteiger partial charge in [0.25, 0.3) is 0 Å². The summed E-state index contributed by atoms with van der Waals surface area (Å²) in [6.45, 7) is 0.804. The Bertz CT molecular complexity index is 136. The van der Waals surface area contributed by atoms with Gasteiger partial charge < -0.3 is 5.32 Å². The summed E-state index contributed by atoms with van der Waals surface area (Å²) in [6, 6.07) is 0. The van der Waals surface area contributed by atoms with Crippen LogP contribution in [0.1, 0.15) is 12.8 Å². The van der Waals surface area contributed by atoms with Gasteiger partial charge in [-0.2, -0.15) is 0 Å². The maximum Gasteiger partial charge on any atom is 0.228 e. The highest BCUT2D eigenvalue weighted by molar-refractivity contribution is 5.85. The summed E-state index contributed by atoms with van der Waals surface area (Å²) in [7, 11) is 3.29. The number of nitrogens with zero attached hydrogens (tertiary/aromatic N) is 1. The van der Waals surface area contributed by atoms with Gasteiger partial charge >= 0.3 is 0 Å².